The predicted molar refractivity (Wildman–Crippen MR) is 137 cm³/mol. The van der Waals surface area contributed by atoms with Crippen LogP contribution in [0.15, 0.2) is 83.9 Å². The van der Waals surface area contributed by atoms with Crippen molar-refractivity contribution < 1.29 is 26.0 Å². The van der Waals surface area contributed by atoms with Crippen molar-refractivity contribution in [3.05, 3.63) is 112 Å². The second kappa shape index (κ2) is 10.2. The summed E-state index contributed by atoms with van der Waals surface area (Å²) in [5, 5.41) is 14.5. The zero-order valence-electron chi connectivity index (χ0n) is 18.9. The number of rotatable bonds is 3. The number of halogens is 2. The predicted octanol–water partition coefficient (Wildman–Crippen LogP) is 7.71. The van der Waals surface area contributed by atoms with Gasteiger partial charge in [-0.25, -0.2) is 4.99 Å². The number of hydrogen-bond donors (Lipinski definition) is 1. The first-order valence-electron chi connectivity index (χ1n) is 10.8. The van der Waals surface area contributed by atoms with E-state index in [1.165, 1.54) is 5.56 Å². The van der Waals surface area contributed by atoms with E-state index < -0.39 is 26.4 Å². The molecule has 1 unspecified atom stereocenters. The Kier molecular flexibility index (Phi) is 7.56. The van der Waals surface area contributed by atoms with Crippen LogP contribution >= 0.6 is 17.0 Å². The molecule has 0 saturated heterocycles. The minimum absolute atomic E-state index is 0.490. The van der Waals surface area contributed by atoms with E-state index in [1.54, 1.807) is 0 Å². The monoisotopic (exact) mass is 551 g/mol. The minimum atomic E-state index is -1.17. The molecule has 0 aliphatic heterocycles. The Balaban J connectivity index is 0.000000821. The van der Waals surface area contributed by atoms with E-state index in [2.05, 4.69) is 69.3 Å². The molecule has 0 fully saturated rings. The van der Waals surface area contributed by atoms with Crippen LogP contribution in [0, 0.1) is 20.8 Å². The van der Waals surface area contributed by atoms with Crippen molar-refractivity contribution in [2.75, 3.05) is 0 Å². The summed E-state index contributed by atoms with van der Waals surface area (Å²) in [6, 6.07) is 26.9. The van der Waals surface area contributed by atoms with Gasteiger partial charge in [0.2, 0.25) is 0 Å². The van der Waals surface area contributed by atoms with E-state index in [0.29, 0.717) is 6.42 Å². The molecule has 0 amide bonds. The summed E-state index contributed by atoms with van der Waals surface area (Å²) < 4.78 is 0. The molecular weight excluding hydrogens is 528 g/mol. The maximum atomic E-state index is 12.2. The average molecular weight is 554 g/mol. The van der Waals surface area contributed by atoms with E-state index in [0.717, 1.165) is 50.0 Å². The van der Waals surface area contributed by atoms with Crippen molar-refractivity contribution in [1.82, 2.24) is 0 Å². The molecule has 4 aromatic carbocycles. The average Bonchev–Trinajstić information content (AvgIpc) is 3.01. The fraction of sp³-hybridized carbons (Fsp3) is 0.179. The molecule has 1 aliphatic rings. The number of nitrogens with zero attached hydrogens (tertiary/aromatic N) is 1. The van der Waals surface area contributed by atoms with E-state index in [1.807, 2.05) is 30.3 Å². The second-order valence-electron chi connectivity index (χ2n) is 8.51. The van der Waals surface area contributed by atoms with Crippen molar-refractivity contribution in [1.29, 1.82) is 0 Å². The molecule has 4 aromatic rings. The molecular formula is C28H25Cl2NOZr. The molecule has 0 saturated carbocycles. The Bertz CT molecular complexity index is 1310. The summed E-state index contributed by atoms with van der Waals surface area (Å²) in [4.78, 5) is 5.15. The molecule has 5 heteroatoms. The Hall–Kier alpha value is -1.77. The zero-order valence-corrected chi connectivity index (χ0v) is 22.8. The fourth-order valence-corrected chi connectivity index (χ4v) is 4.92. The topological polar surface area (TPSA) is 32.6 Å². The molecule has 0 heterocycles. The van der Waals surface area contributed by atoms with Crippen molar-refractivity contribution in [2.45, 2.75) is 32.8 Å². The van der Waals surface area contributed by atoms with Crippen LogP contribution in [0.3, 0.4) is 0 Å². The number of hydrogen-bond acceptors (Lipinski definition) is 2. The SMILES string of the molecule is Cc1cc(C)c(N=C2c3cccc4cccc(c34)C2(O)Cc2ccccc2)c(C)c1.[Cl][Zr][Cl]. The van der Waals surface area contributed by atoms with Crippen LogP contribution in [-0.2, 0) is 32.9 Å². The summed E-state index contributed by atoms with van der Waals surface area (Å²) in [5.41, 5.74) is 7.08. The molecule has 0 radical (unpaired) electrons. The quantitative estimate of drug-likeness (QED) is 0.277. The first-order valence-corrected chi connectivity index (χ1v) is 17.1. The van der Waals surface area contributed by atoms with E-state index in [9.17, 15) is 5.11 Å². The van der Waals surface area contributed by atoms with Crippen LogP contribution in [0.5, 0.6) is 0 Å². The van der Waals surface area contributed by atoms with Crippen LogP contribution in [-0.4, -0.2) is 10.8 Å². The first kappa shape index (κ1) is 24.4. The van der Waals surface area contributed by atoms with Gasteiger partial charge >= 0.3 is 37.9 Å². The van der Waals surface area contributed by atoms with Gasteiger partial charge in [-0.05, 0) is 53.8 Å². The molecule has 33 heavy (non-hydrogen) atoms. The summed E-state index contributed by atoms with van der Waals surface area (Å²) in [7, 11) is 9.87. The summed E-state index contributed by atoms with van der Waals surface area (Å²) in [6.07, 6.45) is 0.490. The van der Waals surface area contributed by atoms with Crippen LogP contribution in [0.2, 0.25) is 0 Å². The van der Waals surface area contributed by atoms with Crippen LogP contribution in [0.25, 0.3) is 10.8 Å². The van der Waals surface area contributed by atoms with Crippen molar-refractivity contribution in [3.63, 3.8) is 0 Å². The van der Waals surface area contributed by atoms with Gasteiger partial charge in [0.05, 0.1) is 11.4 Å². The Morgan fingerprint density at radius 3 is 2.09 bits per heavy atom. The van der Waals surface area contributed by atoms with Crippen molar-refractivity contribution >= 4 is 39.2 Å². The standard InChI is InChI=1S/C28H25NO.2ClH.Zr/c1-18-15-19(2)26(20(3)16-18)29-27-23-13-7-11-22-12-8-14-24(25(22)23)28(27,30)17-21-9-5-4-6-10-21;;;/h4-16,30H,17H2,1-3H3;2*1H;/q;;;+2/p-2. The third-order valence-corrected chi connectivity index (χ3v) is 6.16. The zero-order chi connectivity index (χ0) is 23.6. The number of aryl methyl sites for hydroxylation is 3. The molecule has 5 rings (SSSR count). The Labute approximate surface area is 214 Å². The van der Waals surface area contributed by atoms with E-state index in [4.69, 9.17) is 22.0 Å². The van der Waals surface area contributed by atoms with Gasteiger partial charge in [0.25, 0.3) is 0 Å². The summed E-state index contributed by atoms with van der Waals surface area (Å²) in [6.45, 7) is 6.30. The Morgan fingerprint density at radius 2 is 1.45 bits per heavy atom. The second-order valence-corrected chi connectivity index (χ2v) is 12.2. The van der Waals surface area contributed by atoms with Gasteiger partial charge in [-0.3, -0.25) is 0 Å². The summed E-state index contributed by atoms with van der Waals surface area (Å²) in [5.74, 6) is 0. The van der Waals surface area contributed by atoms with Gasteiger partial charge in [-0.15, -0.1) is 0 Å². The van der Waals surface area contributed by atoms with E-state index >= 15 is 0 Å². The van der Waals surface area contributed by atoms with Gasteiger partial charge < -0.3 is 5.11 Å². The van der Waals surface area contributed by atoms with Crippen LogP contribution in [0.4, 0.5) is 5.69 Å². The fourth-order valence-electron chi connectivity index (χ4n) is 4.92. The number of benzene rings is 4. The molecule has 1 atom stereocenters. The van der Waals surface area contributed by atoms with Gasteiger partial charge in [0, 0.05) is 12.0 Å². The molecule has 0 spiro atoms. The Morgan fingerprint density at radius 1 is 0.848 bits per heavy atom. The van der Waals surface area contributed by atoms with Crippen molar-refractivity contribution in [2.24, 2.45) is 4.99 Å². The van der Waals surface area contributed by atoms with Crippen molar-refractivity contribution in [3.8, 4) is 0 Å². The number of aliphatic hydroxyl groups is 1. The molecule has 2 nitrogen and oxygen atoms in total. The normalized spacial score (nSPS) is 17.7. The molecule has 1 aliphatic carbocycles. The summed E-state index contributed by atoms with van der Waals surface area (Å²) >= 11 is -0.826. The maximum absolute atomic E-state index is 12.2. The third kappa shape index (κ3) is 4.75. The third-order valence-electron chi connectivity index (χ3n) is 6.16. The molecule has 0 aromatic heterocycles. The van der Waals surface area contributed by atoms with E-state index in [-0.39, 0.29) is 0 Å². The van der Waals surface area contributed by atoms with Crippen LogP contribution < -0.4 is 0 Å². The van der Waals surface area contributed by atoms with Gasteiger partial charge in [0.1, 0.15) is 5.60 Å². The van der Waals surface area contributed by atoms with Gasteiger partial charge in [0.15, 0.2) is 0 Å². The first-order chi connectivity index (χ1) is 15.9. The molecule has 1 N–H and O–H groups in total. The van der Waals surface area contributed by atoms with Gasteiger partial charge in [-0.2, -0.15) is 0 Å². The number of aliphatic imine (C=N–C) groups is 1. The van der Waals surface area contributed by atoms with Crippen LogP contribution in [0.1, 0.15) is 33.4 Å². The molecule has 0 bridgehead atoms. The molecule has 166 valence electrons. The van der Waals surface area contributed by atoms with Gasteiger partial charge in [-0.1, -0.05) is 84.4 Å².